The van der Waals surface area contributed by atoms with Crippen LogP contribution in [0.15, 0.2) is 18.2 Å². The van der Waals surface area contributed by atoms with Crippen molar-refractivity contribution in [2.45, 2.75) is 19.8 Å². The molecular weight excluding hydrogens is 334 g/mol. The molecule has 26 heavy (non-hydrogen) atoms. The Hall–Kier alpha value is -2.28. The second kappa shape index (κ2) is 7.15. The molecule has 142 valence electrons. The maximum atomic E-state index is 12.9. The van der Waals surface area contributed by atoms with Crippen molar-refractivity contribution in [3.8, 4) is 11.5 Å². The summed E-state index contributed by atoms with van der Waals surface area (Å²) in [5, 5.41) is 0. The lowest BCUT2D eigenvalue weighted by Gasteiger charge is -2.24. The molecule has 0 aromatic heterocycles. The van der Waals surface area contributed by atoms with E-state index in [-0.39, 0.29) is 29.6 Å². The van der Waals surface area contributed by atoms with Crippen LogP contribution in [0.5, 0.6) is 11.5 Å². The van der Waals surface area contributed by atoms with Crippen LogP contribution in [0.3, 0.4) is 0 Å². The first-order chi connectivity index (χ1) is 12.4. The van der Waals surface area contributed by atoms with Crippen molar-refractivity contribution in [2.24, 2.45) is 17.1 Å². The van der Waals surface area contributed by atoms with E-state index in [9.17, 15) is 9.59 Å². The third kappa shape index (κ3) is 3.49. The average Bonchev–Trinajstić information content (AvgIpc) is 3.24. The molecule has 0 radical (unpaired) electrons. The summed E-state index contributed by atoms with van der Waals surface area (Å²) < 4.78 is 10.6. The van der Waals surface area contributed by atoms with Gasteiger partial charge in [-0.3, -0.25) is 9.59 Å². The van der Waals surface area contributed by atoms with E-state index in [0.29, 0.717) is 43.4 Å². The number of likely N-dealkylation sites (tertiary alicyclic amines) is 1. The Balaban J connectivity index is 1.74. The van der Waals surface area contributed by atoms with E-state index in [0.717, 1.165) is 6.42 Å². The summed E-state index contributed by atoms with van der Waals surface area (Å²) in [5.74, 6) is 0.896. The fraction of sp³-hybridized carbons (Fsp3) is 0.579. The van der Waals surface area contributed by atoms with Crippen LogP contribution in [0.25, 0.3) is 0 Å². The van der Waals surface area contributed by atoms with Crippen LogP contribution >= 0.6 is 0 Å². The second-order valence-corrected chi connectivity index (χ2v) is 7.50. The average molecular weight is 361 g/mol. The molecule has 0 spiro atoms. The summed E-state index contributed by atoms with van der Waals surface area (Å²) >= 11 is 0. The van der Waals surface area contributed by atoms with E-state index in [1.54, 1.807) is 37.3 Å². The van der Waals surface area contributed by atoms with Gasteiger partial charge in [0.25, 0.3) is 0 Å². The molecule has 1 aromatic rings. The van der Waals surface area contributed by atoms with Crippen LogP contribution in [0.4, 0.5) is 5.69 Å². The first-order valence-electron chi connectivity index (χ1n) is 8.91. The molecule has 7 heteroatoms. The van der Waals surface area contributed by atoms with E-state index < -0.39 is 0 Å². The fourth-order valence-electron chi connectivity index (χ4n) is 3.71. The molecule has 2 heterocycles. The molecule has 2 aliphatic rings. The molecule has 3 rings (SSSR count). The van der Waals surface area contributed by atoms with Gasteiger partial charge in [-0.2, -0.15) is 0 Å². The molecule has 1 aromatic carbocycles. The first-order valence-corrected chi connectivity index (χ1v) is 8.91. The molecule has 2 fully saturated rings. The number of methoxy groups -OCH3 is 2. The number of hydrogen-bond acceptors (Lipinski definition) is 5. The minimum absolute atomic E-state index is 0.0158. The summed E-state index contributed by atoms with van der Waals surface area (Å²) in [6.07, 6.45) is 1.14. The maximum absolute atomic E-state index is 12.9. The normalized spacial score (nSPS) is 25.7. The lowest BCUT2D eigenvalue weighted by atomic mass is 9.90. The van der Waals surface area contributed by atoms with Gasteiger partial charge in [0.15, 0.2) is 0 Å². The van der Waals surface area contributed by atoms with Crippen LogP contribution in [-0.2, 0) is 9.59 Å². The molecule has 0 saturated carbocycles. The second-order valence-electron chi connectivity index (χ2n) is 7.50. The number of anilines is 1. The Morgan fingerprint density at radius 2 is 1.92 bits per heavy atom. The standard InChI is InChI=1S/C19H27N3O4/c1-19(11-20)4-5-21(12-19)18(24)13-6-17(23)22(10-13)14-7-15(25-2)9-16(8-14)26-3/h7-9,13H,4-6,10-12,20H2,1-3H3. The van der Waals surface area contributed by atoms with Gasteiger partial charge in [0.2, 0.25) is 11.8 Å². The van der Waals surface area contributed by atoms with Gasteiger partial charge in [-0.1, -0.05) is 6.92 Å². The molecule has 2 atom stereocenters. The van der Waals surface area contributed by atoms with Gasteiger partial charge in [0.05, 0.1) is 25.8 Å². The van der Waals surface area contributed by atoms with Crippen molar-refractivity contribution in [1.29, 1.82) is 0 Å². The Morgan fingerprint density at radius 3 is 2.46 bits per heavy atom. The lowest BCUT2D eigenvalue weighted by molar-refractivity contribution is -0.135. The predicted octanol–water partition coefficient (Wildman–Crippen LogP) is 1.25. The van der Waals surface area contributed by atoms with Crippen molar-refractivity contribution in [3.05, 3.63) is 18.2 Å². The van der Waals surface area contributed by atoms with Gasteiger partial charge >= 0.3 is 0 Å². The van der Waals surface area contributed by atoms with E-state index in [1.807, 2.05) is 4.90 Å². The molecular formula is C19H27N3O4. The largest absolute Gasteiger partial charge is 0.497 e. The molecule has 0 bridgehead atoms. The number of carbonyl (C=O) groups is 2. The maximum Gasteiger partial charge on any atom is 0.228 e. The molecule has 2 aliphatic heterocycles. The van der Waals surface area contributed by atoms with Crippen LogP contribution < -0.4 is 20.1 Å². The summed E-state index contributed by atoms with van der Waals surface area (Å²) in [6, 6.07) is 5.33. The van der Waals surface area contributed by atoms with Crippen molar-refractivity contribution >= 4 is 17.5 Å². The zero-order valence-corrected chi connectivity index (χ0v) is 15.7. The zero-order valence-electron chi connectivity index (χ0n) is 15.7. The summed E-state index contributed by atoms with van der Waals surface area (Å²) in [7, 11) is 3.14. The highest BCUT2D eigenvalue weighted by molar-refractivity contribution is 6.00. The number of rotatable bonds is 5. The molecule has 2 amide bonds. The minimum Gasteiger partial charge on any atom is -0.497 e. The summed E-state index contributed by atoms with van der Waals surface area (Å²) in [6.45, 7) is 4.43. The number of carbonyl (C=O) groups excluding carboxylic acids is 2. The van der Waals surface area contributed by atoms with Crippen molar-refractivity contribution in [3.63, 3.8) is 0 Å². The Morgan fingerprint density at radius 1 is 1.27 bits per heavy atom. The van der Waals surface area contributed by atoms with Gasteiger partial charge in [-0.15, -0.1) is 0 Å². The van der Waals surface area contributed by atoms with E-state index in [4.69, 9.17) is 15.2 Å². The first kappa shape index (κ1) is 18.5. The number of nitrogens with two attached hydrogens (primary N) is 1. The summed E-state index contributed by atoms with van der Waals surface area (Å²) in [5.41, 5.74) is 6.51. The highest BCUT2D eigenvalue weighted by atomic mass is 16.5. The van der Waals surface area contributed by atoms with E-state index >= 15 is 0 Å². The third-order valence-corrected chi connectivity index (χ3v) is 5.48. The molecule has 7 nitrogen and oxygen atoms in total. The Bertz CT molecular complexity index is 686. The molecule has 2 unspecified atom stereocenters. The van der Waals surface area contributed by atoms with Gasteiger partial charge < -0.3 is 25.0 Å². The molecule has 2 N–H and O–H groups in total. The third-order valence-electron chi connectivity index (χ3n) is 5.48. The number of ether oxygens (including phenoxy) is 2. The minimum atomic E-state index is -0.320. The van der Waals surface area contributed by atoms with Crippen molar-refractivity contribution < 1.29 is 19.1 Å². The topological polar surface area (TPSA) is 85.1 Å². The smallest absolute Gasteiger partial charge is 0.228 e. The zero-order chi connectivity index (χ0) is 18.9. The number of hydrogen-bond donors (Lipinski definition) is 1. The monoisotopic (exact) mass is 361 g/mol. The van der Waals surface area contributed by atoms with Gasteiger partial charge in [-0.05, 0) is 18.4 Å². The SMILES string of the molecule is COc1cc(OC)cc(N2CC(C(=O)N3CCC(C)(CN)C3)CC2=O)c1. The Labute approximate surface area is 154 Å². The lowest BCUT2D eigenvalue weighted by Crippen LogP contribution is -2.38. The van der Waals surface area contributed by atoms with Crippen LogP contribution in [0.2, 0.25) is 0 Å². The Kier molecular flexibility index (Phi) is 5.09. The van der Waals surface area contributed by atoms with Gasteiger partial charge in [0.1, 0.15) is 11.5 Å². The quantitative estimate of drug-likeness (QED) is 0.853. The predicted molar refractivity (Wildman–Crippen MR) is 98.4 cm³/mol. The highest BCUT2D eigenvalue weighted by Crippen LogP contribution is 2.34. The van der Waals surface area contributed by atoms with Crippen LogP contribution in [-0.4, -0.2) is 57.1 Å². The molecule has 0 aliphatic carbocycles. The molecule has 2 saturated heterocycles. The number of amides is 2. The highest BCUT2D eigenvalue weighted by Gasteiger charge is 2.41. The van der Waals surface area contributed by atoms with Crippen molar-refractivity contribution in [1.82, 2.24) is 4.90 Å². The number of benzene rings is 1. The van der Waals surface area contributed by atoms with Gasteiger partial charge in [0, 0.05) is 44.3 Å². The van der Waals surface area contributed by atoms with Crippen LogP contribution in [0.1, 0.15) is 19.8 Å². The van der Waals surface area contributed by atoms with E-state index in [1.165, 1.54) is 0 Å². The van der Waals surface area contributed by atoms with Crippen molar-refractivity contribution in [2.75, 3.05) is 45.3 Å². The fourth-order valence-corrected chi connectivity index (χ4v) is 3.71. The van der Waals surface area contributed by atoms with Gasteiger partial charge in [-0.25, -0.2) is 0 Å². The number of nitrogens with zero attached hydrogens (tertiary/aromatic N) is 2. The van der Waals surface area contributed by atoms with Crippen LogP contribution in [0, 0.1) is 11.3 Å². The van der Waals surface area contributed by atoms with E-state index in [2.05, 4.69) is 6.92 Å². The summed E-state index contributed by atoms with van der Waals surface area (Å²) in [4.78, 5) is 28.9.